The molecule has 0 radical (unpaired) electrons. The summed E-state index contributed by atoms with van der Waals surface area (Å²) in [5.74, 6) is -1.06. The van der Waals surface area contributed by atoms with Crippen molar-refractivity contribution >= 4 is 22.8 Å². The van der Waals surface area contributed by atoms with E-state index in [1.807, 2.05) is 28.8 Å². The summed E-state index contributed by atoms with van der Waals surface area (Å²) in [4.78, 5) is 32.5. The normalized spacial score (nSPS) is 20.0. The molecule has 0 aliphatic carbocycles. The number of benzene rings is 1. The molecule has 196 valence electrons. The van der Waals surface area contributed by atoms with Gasteiger partial charge in [-0.3, -0.25) is 9.78 Å². The molecular weight excluding hydrogens is 471 g/mol. The summed E-state index contributed by atoms with van der Waals surface area (Å²) in [6, 6.07) is 3.90. The second-order valence-corrected chi connectivity index (χ2v) is 11.3. The predicted octanol–water partition coefficient (Wildman–Crippen LogP) is 4.68. The summed E-state index contributed by atoms with van der Waals surface area (Å²) in [6.45, 7) is 10.9. The Hall–Kier alpha value is -3.26. The van der Waals surface area contributed by atoms with Crippen molar-refractivity contribution in [3.05, 3.63) is 59.3 Å². The number of piperidine rings is 1. The number of likely N-dealkylation sites (tertiary alicyclic amines) is 2. The molecule has 8 heteroatoms. The number of carbonyl (C=O) groups excluding carboxylic acids is 1. The van der Waals surface area contributed by atoms with Gasteiger partial charge in [-0.25, -0.2) is 9.18 Å². The van der Waals surface area contributed by atoms with Crippen LogP contribution < -0.4 is 0 Å². The Morgan fingerprint density at radius 3 is 2.65 bits per heavy atom. The minimum absolute atomic E-state index is 0.0685. The van der Waals surface area contributed by atoms with Crippen molar-refractivity contribution in [2.45, 2.75) is 46.5 Å². The molecule has 2 saturated heterocycles. The number of aromatic carboxylic acids is 1. The minimum Gasteiger partial charge on any atom is -0.478 e. The van der Waals surface area contributed by atoms with Gasteiger partial charge >= 0.3 is 5.97 Å². The van der Waals surface area contributed by atoms with Crippen LogP contribution in [0.25, 0.3) is 16.6 Å². The zero-order valence-corrected chi connectivity index (χ0v) is 21.8. The molecule has 2 fully saturated rings. The van der Waals surface area contributed by atoms with Crippen LogP contribution >= 0.6 is 0 Å². The molecule has 4 heterocycles. The summed E-state index contributed by atoms with van der Waals surface area (Å²) in [5.41, 5.74) is 3.66. The maximum Gasteiger partial charge on any atom is 0.337 e. The molecule has 3 aromatic rings. The fraction of sp³-hybridized carbons (Fsp3) is 0.483. The van der Waals surface area contributed by atoms with Gasteiger partial charge in [-0.05, 0) is 79.8 Å². The van der Waals surface area contributed by atoms with Gasteiger partial charge in [-0.15, -0.1) is 0 Å². The second kappa shape index (κ2) is 9.89. The van der Waals surface area contributed by atoms with E-state index in [9.17, 15) is 19.1 Å². The largest absolute Gasteiger partial charge is 0.478 e. The first-order valence-electron chi connectivity index (χ1n) is 13.1. The summed E-state index contributed by atoms with van der Waals surface area (Å²) >= 11 is 0. The molecule has 2 aliphatic rings. The number of carbonyl (C=O) groups is 2. The topological polar surface area (TPSA) is 78.7 Å². The molecule has 1 N–H and O–H groups in total. The van der Waals surface area contributed by atoms with Gasteiger partial charge < -0.3 is 19.5 Å². The highest BCUT2D eigenvalue weighted by molar-refractivity contribution is 5.94. The third kappa shape index (κ3) is 5.12. The van der Waals surface area contributed by atoms with E-state index in [1.54, 1.807) is 13.1 Å². The van der Waals surface area contributed by atoms with Gasteiger partial charge in [0.05, 0.1) is 23.0 Å². The van der Waals surface area contributed by atoms with Gasteiger partial charge in [-0.1, -0.05) is 6.92 Å². The standard InChI is InChI=1S/C29H35FN4O3/c1-19-14-31-15-26-27(19)22(17-34(26)25-5-4-23(30)13-24(25)28(36)37)12-21-6-9-32(16-21)18-29(3)7-10-33(11-8-29)20(2)35/h4-5,13-15,17,21H,6-12,16,18H2,1-3H3,(H,36,37)/t21-/m0/s1. The number of fused-ring (bicyclic) bond motifs is 1. The molecule has 0 saturated carbocycles. The first-order valence-corrected chi connectivity index (χ1v) is 13.1. The number of carboxylic acids is 1. The summed E-state index contributed by atoms with van der Waals surface area (Å²) in [6.07, 6.45) is 9.70. The fourth-order valence-electron chi connectivity index (χ4n) is 6.28. The van der Waals surface area contributed by atoms with Crippen LogP contribution in [0.3, 0.4) is 0 Å². The lowest BCUT2D eigenvalue weighted by Gasteiger charge is -2.41. The van der Waals surface area contributed by atoms with Gasteiger partial charge in [0.1, 0.15) is 5.82 Å². The lowest BCUT2D eigenvalue weighted by Crippen LogP contribution is -2.45. The quantitative estimate of drug-likeness (QED) is 0.525. The Morgan fingerprint density at radius 1 is 1.19 bits per heavy atom. The van der Waals surface area contributed by atoms with Crippen LogP contribution in [0.1, 0.15) is 54.6 Å². The fourth-order valence-corrected chi connectivity index (χ4v) is 6.28. The van der Waals surface area contributed by atoms with E-state index < -0.39 is 11.8 Å². The molecule has 0 unspecified atom stereocenters. The van der Waals surface area contributed by atoms with Crippen LogP contribution in [0.4, 0.5) is 4.39 Å². The number of carboxylic acid groups (broad SMARTS) is 1. The van der Waals surface area contributed by atoms with Crippen LogP contribution in [0, 0.1) is 24.1 Å². The number of pyridine rings is 1. The molecule has 1 aromatic carbocycles. The first kappa shape index (κ1) is 25.4. The molecule has 1 amide bonds. The average molecular weight is 507 g/mol. The molecule has 2 aromatic heterocycles. The Labute approximate surface area is 216 Å². The van der Waals surface area contributed by atoms with Crippen LogP contribution in [0.2, 0.25) is 0 Å². The Morgan fingerprint density at radius 2 is 1.95 bits per heavy atom. The predicted molar refractivity (Wildman–Crippen MR) is 141 cm³/mol. The maximum absolute atomic E-state index is 13.9. The smallest absolute Gasteiger partial charge is 0.337 e. The minimum atomic E-state index is -1.16. The van der Waals surface area contributed by atoms with Crippen molar-refractivity contribution in [1.82, 2.24) is 19.4 Å². The monoisotopic (exact) mass is 506 g/mol. The number of hydrogen-bond acceptors (Lipinski definition) is 4. The van der Waals surface area contributed by atoms with Crippen molar-refractivity contribution in [3.63, 3.8) is 0 Å². The molecule has 7 nitrogen and oxygen atoms in total. The maximum atomic E-state index is 13.9. The van der Waals surface area contributed by atoms with Crippen LogP contribution in [-0.4, -0.2) is 69.1 Å². The molecular formula is C29H35FN4O3. The average Bonchev–Trinajstić information content (AvgIpc) is 3.44. The zero-order valence-electron chi connectivity index (χ0n) is 21.8. The molecule has 2 aliphatic heterocycles. The van der Waals surface area contributed by atoms with Crippen molar-refractivity contribution in [2.75, 3.05) is 32.7 Å². The third-order valence-corrected chi connectivity index (χ3v) is 8.33. The van der Waals surface area contributed by atoms with Crippen molar-refractivity contribution in [2.24, 2.45) is 11.3 Å². The van der Waals surface area contributed by atoms with E-state index in [4.69, 9.17) is 0 Å². The Balaban J connectivity index is 1.36. The van der Waals surface area contributed by atoms with Gasteiger partial charge in [-0.2, -0.15) is 0 Å². The molecule has 37 heavy (non-hydrogen) atoms. The van der Waals surface area contributed by atoms with E-state index in [-0.39, 0.29) is 16.9 Å². The third-order valence-electron chi connectivity index (χ3n) is 8.33. The van der Waals surface area contributed by atoms with E-state index in [2.05, 4.69) is 16.8 Å². The van der Waals surface area contributed by atoms with E-state index >= 15 is 0 Å². The second-order valence-electron chi connectivity index (χ2n) is 11.3. The zero-order chi connectivity index (χ0) is 26.3. The lowest BCUT2D eigenvalue weighted by molar-refractivity contribution is -0.131. The highest BCUT2D eigenvalue weighted by Crippen LogP contribution is 2.36. The van der Waals surface area contributed by atoms with Gasteiger partial charge in [0.15, 0.2) is 0 Å². The van der Waals surface area contributed by atoms with E-state index in [1.165, 1.54) is 17.7 Å². The number of aryl methyl sites for hydroxylation is 1. The number of aromatic nitrogens is 2. The molecule has 0 spiro atoms. The Kier molecular flexibility index (Phi) is 6.79. The van der Waals surface area contributed by atoms with E-state index in [0.29, 0.717) is 11.6 Å². The first-order chi connectivity index (χ1) is 17.6. The molecule has 5 rings (SSSR count). The van der Waals surface area contributed by atoms with Crippen LogP contribution in [-0.2, 0) is 11.2 Å². The van der Waals surface area contributed by atoms with Crippen molar-refractivity contribution in [3.8, 4) is 5.69 Å². The summed E-state index contributed by atoms with van der Waals surface area (Å²) in [5, 5.41) is 10.8. The van der Waals surface area contributed by atoms with Crippen molar-refractivity contribution < 1.29 is 19.1 Å². The highest BCUT2D eigenvalue weighted by Gasteiger charge is 2.35. The summed E-state index contributed by atoms with van der Waals surface area (Å²) < 4.78 is 15.7. The summed E-state index contributed by atoms with van der Waals surface area (Å²) in [7, 11) is 0. The van der Waals surface area contributed by atoms with Gasteiger partial charge in [0.25, 0.3) is 0 Å². The number of rotatable bonds is 6. The number of nitrogens with zero attached hydrogens (tertiary/aromatic N) is 4. The Bertz CT molecular complexity index is 1340. The number of amides is 1. The number of hydrogen-bond donors (Lipinski definition) is 1. The highest BCUT2D eigenvalue weighted by atomic mass is 19.1. The molecule has 1 atom stereocenters. The molecule has 0 bridgehead atoms. The van der Waals surface area contributed by atoms with Gasteiger partial charge in [0.2, 0.25) is 5.91 Å². The lowest BCUT2D eigenvalue weighted by atomic mass is 9.80. The van der Waals surface area contributed by atoms with E-state index in [0.717, 1.165) is 80.9 Å². The number of halogens is 1. The van der Waals surface area contributed by atoms with Crippen molar-refractivity contribution in [1.29, 1.82) is 0 Å². The van der Waals surface area contributed by atoms with Gasteiger partial charge in [0, 0.05) is 50.9 Å². The SMILES string of the molecule is CC(=O)N1CCC(C)(CN2CC[C@@H](Cc3cn(-c4ccc(F)cc4C(=O)O)c4cncc(C)c34)C2)CC1. The van der Waals surface area contributed by atoms with Crippen LogP contribution in [0.15, 0.2) is 36.8 Å². The van der Waals surface area contributed by atoms with Crippen LogP contribution in [0.5, 0.6) is 0 Å².